The van der Waals surface area contributed by atoms with Gasteiger partial charge in [0, 0.05) is 30.2 Å². The molecule has 4 amide bonds. The summed E-state index contributed by atoms with van der Waals surface area (Å²) in [6.45, 7) is 5.38. The summed E-state index contributed by atoms with van der Waals surface area (Å²) in [7, 11) is 0. The van der Waals surface area contributed by atoms with Crippen LogP contribution in [0.15, 0.2) is 79.1 Å². The van der Waals surface area contributed by atoms with E-state index in [1.807, 2.05) is 6.07 Å². The largest absolute Gasteiger partial charge is 0.417 e. The molecule has 5 rings (SSSR count). The molecule has 1 aromatic heterocycles. The van der Waals surface area contributed by atoms with Gasteiger partial charge in [0.25, 0.3) is 5.91 Å². The van der Waals surface area contributed by atoms with Gasteiger partial charge in [-0.2, -0.15) is 4.68 Å². The van der Waals surface area contributed by atoms with Crippen molar-refractivity contribution in [1.29, 1.82) is 0 Å². The first kappa shape index (κ1) is 32.1. The Labute approximate surface area is 269 Å². The maximum atomic E-state index is 13.6. The van der Waals surface area contributed by atoms with E-state index >= 15 is 0 Å². The second-order valence-corrected chi connectivity index (χ2v) is 11.7. The number of ether oxygens (including phenoxy) is 1. The number of tetrazole rings is 1. The number of nitrogens with one attached hydrogen (secondary N) is 2. The topological polar surface area (TPSA) is 161 Å². The number of anilines is 2. The van der Waals surface area contributed by atoms with Gasteiger partial charge in [-0.15, -0.1) is 5.10 Å². The van der Waals surface area contributed by atoms with Gasteiger partial charge in [0.15, 0.2) is 0 Å². The van der Waals surface area contributed by atoms with Gasteiger partial charge < -0.3 is 14.5 Å². The smallest absolute Gasteiger partial charge is 0.410 e. The number of para-hydroxylation sites is 1. The summed E-state index contributed by atoms with van der Waals surface area (Å²) >= 11 is 6.25. The van der Waals surface area contributed by atoms with Crippen molar-refractivity contribution in [2.75, 3.05) is 23.3 Å². The highest BCUT2D eigenvalue weighted by Crippen LogP contribution is 2.30. The zero-order chi connectivity index (χ0) is 32.8. The lowest BCUT2D eigenvalue weighted by atomic mass is 10.0. The van der Waals surface area contributed by atoms with E-state index in [9.17, 15) is 19.2 Å². The number of nitrogens with zero attached hydrogens (tertiary/aromatic N) is 6. The Morgan fingerprint density at radius 3 is 2.37 bits per heavy atom. The monoisotopic (exact) mass is 646 g/mol. The lowest BCUT2D eigenvalue weighted by Crippen LogP contribution is -2.61. The van der Waals surface area contributed by atoms with Crippen LogP contribution in [0.2, 0.25) is 5.02 Å². The summed E-state index contributed by atoms with van der Waals surface area (Å²) in [6, 6.07) is 19.0. The van der Waals surface area contributed by atoms with E-state index in [2.05, 4.69) is 26.3 Å². The number of hydrogen-bond acceptors (Lipinski definition) is 9. The fourth-order valence-electron chi connectivity index (χ4n) is 4.66. The molecule has 3 aromatic carbocycles. The third kappa shape index (κ3) is 7.83. The van der Waals surface area contributed by atoms with E-state index in [1.165, 1.54) is 20.8 Å². The van der Waals surface area contributed by atoms with Crippen LogP contribution in [0.4, 0.5) is 16.2 Å². The molecule has 2 heterocycles. The number of amides is 4. The van der Waals surface area contributed by atoms with Gasteiger partial charge in [0.2, 0.25) is 0 Å². The molecule has 14 nitrogen and oxygen atoms in total. The fourth-order valence-corrected chi connectivity index (χ4v) is 4.82. The van der Waals surface area contributed by atoms with Crippen molar-refractivity contribution in [3.63, 3.8) is 0 Å². The first-order valence-corrected chi connectivity index (χ1v) is 14.6. The molecule has 1 atom stereocenters. The molecule has 0 spiro atoms. The Bertz CT molecular complexity index is 1710. The Morgan fingerprint density at radius 2 is 1.70 bits per heavy atom. The Hall–Kier alpha value is -5.34. The van der Waals surface area contributed by atoms with Gasteiger partial charge in [0.1, 0.15) is 18.1 Å². The third-order valence-corrected chi connectivity index (χ3v) is 7.03. The molecule has 1 aliphatic heterocycles. The number of carbonyl (C=O) groups excluding carboxylic acids is 4. The van der Waals surface area contributed by atoms with Gasteiger partial charge >= 0.3 is 17.9 Å². The predicted octanol–water partition coefficient (Wildman–Crippen LogP) is 3.56. The average Bonchev–Trinajstić information content (AvgIpc) is 3.56. The molecule has 238 valence electrons. The Balaban J connectivity index is 1.33. The van der Waals surface area contributed by atoms with Crippen molar-refractivity contribution in [3.8, 4) is 11.4 Å². The minimum absolute atomic E-state index is 0.0324. The Morgan fingerprint density at radius 1 is 0.957 bits per heavy atom. The quantitative estimate of drug-likeness (QED) is 0.205. The Kier molecular flexibility index (Phi) is 9.58. The maximum absolute atomic E-state index is 13.6. The van der Waals surface area contributed by atoms with Crippen molar-refractivity contribution in [2.24, 2.45) is 0 Å². The molecule has 2 N–H and O–H groups in total. The second kappa shape index (κ2) is 13.7. The SMILES string of the molecule is CC(C)(C)ONC(=O)[C@H](Cc1ccc(NC(=O)Oc2ccccc2)cc1)N1CCN(c2cc(Cl)ccc2-n2cnnn2)C(=O)C1=O. The molecule has 1 fully saturated rings. The number of halogens is 1. The number of piperazine rings is 1. The molecule has 15 heteroatoms. The zero-order valence-electron chi connectivity index (χ0n) is 25.2. The van der Waals surface area contributed by atoms with Crippen LogP contribution >= 0.6 is 11.6 Å². The van der Waals surface area contributed by atoms with Crippen LogP contribution in [0.5, 0.6) is 5.75 Å². The summed E-state index contributed by atoms with van der Waals surface area (Å²) in [5.74, 6) is -1.94. The van der Waals surface area contributed by atoms with Crippen LogP contribution in [0.1, 0.15) is 26.3 Å². The van der Waals surface area contributed by atoms with Crippen molar-refractivity contribution >= 4 is 46.8 Å². The number of hydrogen-bond donors (Lipinski definition) is 2. The summed E-state index contributed by atoms with van der Waals surface area (Å²) in [5, 5.41) is 14.2. The normalized spacial score (nSPS) is 14.2. The molecular weight excluding hydrogens is 616 g/mol. The van der Waals surface area contributed by atoms with E-state index in [4.69, 9.17) is 21.2 Å². The van der Waals surface area contributed by atoms with Crippen LogP contribution < -0.4 is 20.4 Å². The van der Waals surface area contributed by atoms with Crippen molar-refractivity contribution in [2.45, 2.75) is 38.8 Å². The molecule has 4 aromatic rings. The molecule has 0 saturated carbocycles. The number of carbonyl (C=O) groups is 4. The summed E-state index contributed by atoms with van der Waals surface area (Å²) in [4.78, 5) is 61.0. The lowest BCUT2D eigenvalue weighted by molar-refractivity contribution is -0.158. The molecular formula is C31H31ClN8O6. The van der Waals surface area contributed by atoms with Gasteiger partial charge in [-0.05, 0) is 79.2 Å². The van der Waals surface area contributed by atoms with Gasteiger partial charge in [0.05, 0.1) is 17.0 Å². The van der Waals surface area contributed by atoms with Crippen LogP contribution in [0.3, 0.4) is 0 Å². The fraction of sp³-hybridized carbons (Fsp3) is 0.258. The third-order valence-electron chi connectivity index (χ3n) is 6.80. The standard InChI is InChI=1S/C31H31ClN8O6/c1-31(2,3)46-35-27(41)26(17-20-9-12-22(13-10-20)34-30(44)45-23-7-5-4-6-8-23)39-16-15-38(28(42)29(39)43)25-18-21(32)11-14-24(25)40-19-33-36-37-40/h4-14,18-19,26H,15-17H2,1-3H3,(H,34,44)(H,35,41)/t26-/m0/s1. The van der Waals surface area contributed by atoms with Gasteiger partial charge in [-0.1, -0.05) is 41.9 Å². The highest BCUT2D eigenvalue weighted by Gasteiger charge is 2.41. The van der Waals surface area contributed by atoms with Crippen LogP contribution in [-0.2, 0) is 25.6 Å². The first-order chi connectivity index (χ1) is 22.0. The minimum Gasteiger partial charge on any atom is -0.410 e. The van der Waals surface area contributed by atoms with Crippen LogP contribution in [-0.4, -0.2) is 73.7 Å². The van der Waals surface area contributed by atoms with Crippen molar-refractivity contribution in [1.82, 2.24) is 30.6 Å². The van der Waals surface area contributed by atoms with E-state index in [1.54, 1.807) is 87.5 Å². The second-order valence-electron chi connectivity index (χ2n) is 11.3. The van der Waals surface area contributed by atoms with E-state index < -0.39 is 35.5 Å². The van der Waals surface area contributed by atoms with Gasteiger partial charge in [-0.25, -0.2) is 10.3 Å². The molecule has 0 bridgehead atoms. The highest BCUT2D eigenvalue weighted by atomic mass is 35.5. The summed E-state index contributed by atoms with van der Waals surface area (Å²) in [5.41, 5.74) is 3.63. The number of rotatable bonds is 9. The van der Waals surface area contributed by atoms with Crippen molar-refractivity contribution < 1.29 is 28.8 Å². The lowest BCUT2D eigenvalue weighted by Gasteiger charge is -2.38. The highest BCUT2D eigenvalue weighted by molar-refractivity contribution is 6.41. The predicted molar refractivity (Wildman–Crippen MR) is 167 cm³/mol. The van der Waals surface area contributed by atoms with Crippen LogP contribution in [0.25, 0.3) is 5.69 Å². The zero-order valence-corrected chi connectivity index (χ0v) is 26.0. The van der Waals surface area contributed by atoms with Gasteiger partial charge in [-0.3, -0.25) is 24.5 Å². The summed E-state index contributed by atoms with van der Waals surface area (Å²) in [6.07, 6.45) is 0.748. The molecule has 0 unspecified atom stereocenters. The number of aromatic nitrogens is 4. The van der Waals surface area contributed by atoms with E-state index in [0.29, 0.717) is 33.4 Å². The molecule has 1 aliphatic rings. The molecule has 0 radical (unpaired) electrons. The van der Waals surface area contributed by atoms with E-state index in [-0.39, 0.29) is 19.5 Å². The molecule has 46 heavy (non-hydrogen) atoms. The molecule has 0 aliphatic carbocycles. The van der Waals surface area contributed by atoms with E-state index in [0.717, 1.165) is 0 Å². The number of hydroxylamine groups is 1. The van der Waals surface area contributed by atoms with Crippen molar-refractivity contribution in [3.05, 3.63) is 89.7 Å². The maximum Gasteiger partial charge on any atom is 0.417 e. The summed E-state index contributed by atoms with van der Waals surface area (Å²) < 4.78 is 6.62. The molecule has 1 saturated heterocycles. The minimum atomic E-state index is -1.10. The first-order valence-electron chi connectivity index (χ1n) is 14.2. The van der Waals surface area contributed by atoms with Crippen LogP contribution in [0, 0.1) is 0 Å². The average molecular weight is 647 g/mol. The number of benzene rings is 3.